The molecule has 1 amide bonds. The second-order valence-corrected chi connectivity index (χ2v) is 9.45. The summed E-state index contributed by atoms with van der Waals surface area (Å²) in [7, 11) is 0. The fraction of sp³-hybridized carbons (Fsp3) is 0.107. The number of carbonyl (C=O) groups excluding carboxylic acids is 2. The second-order valence-electron chi connectivity index (χ2n) is 8.58. The number of non-ortho nitro benzene ring substituents is 1. The highest BCUT2D eigenvalue weighted by Crippen LogP contribution is 2.43. The van der Waals surface area contributed by atoms with Crippen molar-refractivity contribution in [2.75, 3.05) is 4.90 Å². The van der Waals surface area contributed by atoms with Gasteiger partial charge in [0.15, 0.2) is 5.13 Å². The van der Waals surface area contributed by atoms with E-state index in [1.165, 1.54) is 24.4 Å². The van der Waals surface area contributed by atoms with E-state index in [4.69, 9.17) is 4.74 Å². The number of thiazole rings is 1. The first kappa shape index (κ1) is 24.8. The lowest BCUT2D eigenvalue weighted by molar-refractivity contribution is -0.384. The number of aliphatic hydroxyl groups is 1. The average Bonchev–Trinajstić information content (AvgIpc) is 3.55. The standard InChI is InChI=1S/C28H21N3O6S/c1-17-5-2-3-6-20(17)16-37-22-11-9-18(10-12-22)25(32)23-24(19-7-4-8-21(15-19)31(35)36)30(27(34)26(23)33)28-29-13-14-38-28/h2-15,24,32H,16H2,1H3. The molecule has 1 saturated heterocycles. The Kier molecular flexibility index (Phi) is 6.71. The molecule has 0 bridgehead atoms. The highest BCUT2D eigenvalue weighted by Gasteiger charge is 2.48. The first-order valence-electron chi connectivity index (χ1n) is 11.6. The minimum Gasteiger partial charge on any atom is -0.507 e. The van der Waals surface area contributed by atoms with Crippen LogP contribution >= 0.6 is 11.3 Å². The van der Waals surface area contributed by atoms with Gasteiger partial charge in [-0.1, -0.05) is 36.4 Å². The van der Waals surface area contributed by atoms with Crippen molar-refractivity contribution in [2.45, 2.75) is 19.6 Å². The molecule has 0 spiro atoms. The van der Waals surface area contributed by atoms with Crippen molar-refractivity contribution >= 4 is 39.6 Å². The molecule has 1 aromatic heterocycles. The number of amides is 1. The van der Waals surface area contributed by atoms with E-state index in [9.17, 15) is 24.8 Å². The van der Waals surface area contributed by atoms with Gasteiger partial charge in [0.05, 0.1) is 16.5 Å². The lowest BCUT2D eigenvalue weighted by Gasteiger charge is -2.22. The summed E-state index contributed by atoms with van der Waals surface area (Å²) in [4.78, 5) is 42.5. The molecule has 190 valence electrons. The zero-order chi connectivity index (χ0) is 26.8. The number of hydrogen-bond acceptors (Lipinski definition) is 8. The number of carbonyl (C=O) groups is 2. The van der Waals surface area contributed by atoms with Gasteiger partial charge >= 0.3 is 5.91 Å². The summed E-state index contributed by atoms with van der Waals surface area (Å²) in [6, 6.07) is 18.9. The number of nitrogens with zero attached hydrogens (tertiary/aromatic N) is 3. The molecule has 1 atom stereocenters. The molecule has 0 saturated carbocycles. The highest BCUT2D eigenvalue weighted by molar-refractivity contribution is 7.14. The molecule has 0 aliphatic carbocycles. The molecule has 3 aromatic carbocycles. The SMILES string of the molecule is Cc1ccccc1COc1ccc(C(O)=C2C(=O)C(=O)N(c3nccs3)C2c2cccc([N+](=O)[O-])c2)cc1. The molecule has 5 rings (SSSR count). The molecule has 38 heavy (non-hydrogen) atoms. The number of benzene rings is 3. The Balaban J connectivity index is 1.52. The molecule has 10 heteroatoms. The number of nitro groups is 1. The van der Waals surface area contributed by atoms with Gasteiger partial charge in [-0.25, -0.2) is 4.98 Å². The van der Waals surface area contributed by atoms with Gasteiger partial charge in [0.2, 0.25) is 0 Å². The van der Waals surface area contributed by atoms with Crippen molar-refractivity contribution in [2.24, 2.45) is 0 Å². The third-order valence-corrected chi connectivity index (χ3v) is 7.02. The van der Waals surface area contributed by atoms with Crippen molar-refractivity contribution in [1.82, 2.24) is 4.98 Å². The van der Waals surface area contributed by atoms with Crippen LogP contribution in [-0.2, 0) is 16.2 Å². The maximum atomic E-state index is 13.2. The Bertz CT molecular complexity index is 1560. The molecule has 4 aromatic rings. The lowest BCUT2D eigenvalue weighted by Crippen LogP contribution is -2.29. The van der Waals surface area contributed by atoms with E-state index in [-0.39, 0.29) is 16.4 Å². The zero-order valence-electron chi connectivity index (χ0n) is 20.1. The summed E-state index contributed by atoms with van der Waals surface area (Å²) < 4.78 is 5.87. The van der Waals surface area contributed by atoms with Crippen molar-refractivity contribution in [3.8, 4) is 5.75 Å². The zero-order valence-corrected chi connectivity index (χ0v) is 20.9. The number of hydrogen-bond donors (Lipinski definition) is 1. The Morgan fingerprint density at radius 3 is 2.55 bits per heavy atom. The van der Waals surface area contributed by atoms with Gasteiger partial charge < -0.3 is 9.84 Å². The van der Waals surface area contributed by atoms with Crippen molar-refractivity contribution in [3.05, 3.63) is 122 Å². The largest absolute Gasteiger partial charge is 0.507 e. The van der Waals surface area contributed by atoms with Gasteiger partial charge in [0.25, 0.3) is 11.5 Å². The fourth-order valence-corrected chi connectivity index (χ4v) is 4.95. The number of ether oxygens (including phenoxy) is 1. The second kappa shape index (κ2) is 10.3. The van der Waals surface area contributed by atoms with Crippen molar-refractivity contribution < 1.29 is 24.4 Å². The van der Waals surface area contributed by atoms with Crippen LogP contribution in [0.15, 0.2) is 89.9 Å². The topological polar surface area (TPSA) is 123 Å². The molecule has 0 radical (unpaired) electrons. The maximum Gasteiger partial charge on any atom is 0.301 e. The number of aromatic nitrogens is 1. The molecule has 2 heterocycles. The Hall–Kier alpha value is -4.83. The summed E-state index contributed by atoms with van der Waals surface area (Å²) in [6.07, 6.45) is 1.49. The summed E-state index contributed by atoms with van der Waals surface area (Å²) in [6.45, 7) is 2.36. The molecule has 9 nitrogen and oxygen atoms in total. The smallest absolute Gasteiger partial charge is 0.301 e. The van der Waals surface area contributed by atoms with E-state index in [1.807, 2.05) is 31.2 Å². The van der Waals surface area contributed by atoms with E-state index in [1.54, 1.807) is 35.7 Å². The molecule has 1 fully saturated rings. The van der Waals surface area contributed by atoms with Crippen LogP contribution in [0.2, 0.25) is 0 Å². The minimum absolute atomic E-state index is 0.181. The quantitative estimate of drug-likeness (QED) is 0.110. The van der Waals surface area contributed by atoms with Crippen molar-refractivity contribution in [3.63, 3.8) is 0 Å². The number of nitro benzene ring substituents is 1. The van der Waals surface area contributed by atoms with Gasteiger partial charge in [-0.05, 0) is 47.9 Å². The number of anilines is 1. The number of aryl methyl sites for hydroxylation is 1. The molecular formula is C28H21N3O6S. The molecule has 1 unspecified atom stereocenters. The third-order valence-electron chi connectivity index (χ3n) is 6.25. The fourth-order valence-electron chi connectivity index (χ4n) is 4.29. The molecule has 1 aliphatic rings. The van der Waals surface area contributed by atoms with Crippen LogP contribution in [-0.4, -0.2) is 26.7 Å². The summed E-state index contributed by atoms with van der Waals surface area (Å²) in [5, 5.41) is 24.6. The predicted molar refractivity (Wildman–Crippen MR) is 142 cm³/mol. The lowest BCUT2D eigenvalue weighted by atomic mass is 9.95. The normalized spacial score (nSPS) is 16.6. The molecule has 1 N–H and O–H groups in total. The monoisotopic (exact) mass is 527 g/mol. The number of ketones is 1. The molecule has 1 aliphatic heterocycles. The third kappa shape index (κ3) is 4.64. The minimum atomic E-state index is -1.10. The van der Waals surface area contributed by atoms with Gasteiger partial charge in [-0.2, -0.15) is 0 Å². The predicted octanol–water partition coefficient (Wildman–Crippen LogP) is 5.57. The Morgan fingerprint density at radius 1 is 1.11 bits per heavy atom. The average molecular weight is 528 g/mol. The van der Waals surface area contributed by atoms with Crippen LogP contribution in [0.3, 0.4) is 0 Å². The van der Waals surface area contributed by atoms with Crippen LogP contribution in [0, 0.1) is 17.0 Å². The van der Waals surface area contributed by atoms with Crippen molar-refractivity contribution in [1.29, 1.82) is 0 Å². The summed E-state index contributed by atoms with van der Waals surface area (Å²) in [5.41, 5.74) is 2.35. The summed E-state index contributed by atoms with van der Waals surface area (Å²) >= 11 is 1.14. The van der Waals surface area contributed by atoms with Crippen LogP contribution in [0.25, 0.3) is 5.76 Å². The highest BCUT2D eigenvalue weighted by atomic mass is 32.1. The summed E-state index contributed by atoms with van der Waals surface area (Å²) in [5.74, 6) is -1.63. The van der Waals surface area contributed by atoms with E-state index >= 15 is 0 Å². The van der Waals surface area contributed by atoms with Crippen LogP contribution in [0.5, 0.6) is 5.75 Å². The van der Waals surface area contributed by atoms with Crippen LogP contribution in [0.1, 0.15) is 28.3 Å². The van der Waals surface area contributed by atoms with Gasteiger partial charge in [0.1, 0.15) is 18.1 Å². The van der Waals surface area contributed by atoms with Crippen LogP contribution < -0.4 is 9.64 Å². The Labute approximate surface area is 221 Å². The van der Waals surface area contributed by atoms with Gasteiger partial charge in [-0.15, -0.1) is 11.3 Å². The van der Waals surface area contributed by atoms with Gasteiger partial charge in [-0.3, -0.25) is 24.6 Å². The number of aliphatic hydroxyl groups excluding tert-OH is 1. The van der Waals surface area contributed by atoms with Gasteiger partial charge in [0, 0.05) is 29.3 Å². The number of rotatable bonds is 7. The van der Waals surface area contributed by atoms with Crippen LogP contribution in [0.4, 0.5) is 10.8 Å². The first-order chi connectivity index (χ1) is 18.3. The molecular weight excluding hydrogens is 506 g/mol. The maximum absolute atomic E-state index is 13.2. The number of Topliss-reactive ketones (excluding diaryl/α,β-unsaturated/α-hetero) is 1. The van der Waals surface area contributed by atoms with E-state index in [2.05, 4.69) is 4.98 Å². The Morgan fingerprint density at radius 2 is 1.87 bits per heavy atom. The van der Waals surface area contributed by atoms with E-state index < -0.39 is 28.4 Å². The first-order valence-corrected chi connectivity index (χ1v) is 12.5. The van der Waals surface area contributed by atoms with E-state index in [0.29, 0.717) is 23.5 Å². The van der Waals surface area contributed by atoms with E-state index in [0.717, 1.165) is 27.4 Å².